The molecular formula is C9H12N2O. The maximum Gasteiger partial charge on any atom is 0.126 e. The molecule has 0 radical (unpaired) electrons. The minimum Gasteiger partial charge on any atom is -0.377 e. The number of pyridine rings is 1. The molecule has 1 saturated heterocycles. The fourth-order valence-electron chi connectivity index (χ4n) is 1.15. The van der Waals surface area contributed by atoms with Crippen molar-refractivity contribution in [2.24, 2.45) is 0 Å². The zero-order valence-corrected chi connectivity index (χ0v) is 7.08. The Labute approximate surface area is 71.8 Å². The van der Waals surface area contributed by atoms with Gasteiger partial charge in [0.05, 0.1) is 19.3 Å². The number of nitrogens with one attached hydrogen (secondary N) is 1. The highest BCUT2D eigenvalue weighted by Crippen LogP contribution is 2.09. The van der Waals surface area contributed by atoms with Gasteiger partial charge in [-0.15, -0.1) is 0 Å². The number of aromatic nitrogens is 1. The van der Waals surface area contributed by atoms with Crippen molar-refractivity contribution in [3.63, 3.8) is 0 Å². The fraction of sp³-hybridized carbons (Fsp3) is 0.444. The summed E-state index contributed by atoms with van der Waals surface area (Å²) in [5, 5.41) is 3.28. The lowest BCUT2D eigenvalue weighted by atomic mass is 10.2. The number of aryl methyl sites for hydroxylation is 1. The van der Waals surface area contributed by atoms with E-state index in [1.54, 1.807) is 0 Å². The van der Waals surface area contributed by atoms with E-state index in [1.165, 1.54) is 0 Å². The maximum atomic E-state index is 5.05. The summed E-state index contributed by atoms with van der Waals surface area (Å²) in [5.41, 5.74) is 1.04. The molecule has 2 heterocycles. The van der Waals surface area contributed by atoms with Gasteiger partial charge in [0.1, 0.15) is 5.82 Å². The molecule has 1 aliphatic heterocycles. The lowest BCUT2D eigenvalue weighted by Crippen LogP contribution is -2.40. The van der Waals surface area contributed by atoms with Crippen molar-refractivity contribution in [3.8, 4) is 0 Å². The minimum absolute atomic E-state index is 0.458. The second-order valence-corrected chi connectivity index (χ2v) is 3.04. The van der Waals surface area contributed by atoms with Crippen LogP contribution in [0.4, 0.5) is 5.82 Å². The second kappa shape index (κ2) is 3.11. The smallest absolute Gasteiger partial charge is 0.126 e. The van der Waals surface area contributed by atoms with Gasteiger partial charge in [-0.2, -0.15) is 0 Å². The average molecular weight is 164 g/mol. The highest BCUT2D eigenvalue weighted by molar-refractivity contribution is 5.36. The zero-order valence-electron chi connectivity index (χ0n) is 7.08. The summed E-state index contributed by atoms with van der Waals surface area (Å²) in [5.74, 6) is 0.948. The Kier molecular flexibility index (Phi) is 1.96. The quantitative estimate of drug-likeness (QED) is 0.713. The first-order chi connectivity index (χ1) is 5.84. The van der Waals surface area contributed by atoms with Crippen LogP contribution in [0, 0.1) is 6.92 Å². The third-order valence-electron chi connectivity index (χ3n) is 1.88. The van der Waals surface area contributed by atoms with Crippen LogP contribution < -0.4 is 5.32 Å². The van der Waals surface area contributed by atoms with Crippen molar-refractivity contribution in [1.29, 1.82) is 0 Å². The number of hydrogen-bond donors (Lipinski definition) is 1. The van der Waals surface area contributed by atoms with Gasteiger partial charge >= 0.3 is 0 Å². The van der Waals surface area contributed by atoms with E-state index in [9.17, 15) is 0 Å². The molecule has 0 unspecified atom stereocenters. The fourth-order valence-corrected chi connectivity index (χ4v) is 1.15. The van der Waals surface area contributed by atoms with E-state index in [0.717, 1.165) is 24.7 Å². The minimum atomic E-state index is 0.458. The first-order valence-corrected chi connectivity index (χ1v) is 4.12. The topological polar surface area (TPSA) is 34.1 Å². The molecule has 12 heavy (non-hydrogen) atoms. The Morgan fingerprint density at radius 3 is 2.92 bits per heavy atom. The van der Waals surface area contributed by atoms with Gasteiger partial charge in [0.25, 0.3) is 0 Å². The van der Waals surface area contributed by atoms with Crippen LogP contribution in [0.5, 0.6) is 0 Å². The van der Waals surface area contributed by atoms with Crippen LogP contribution >= 0.6 is 0 Å². The molecule has 0 aromatic carbocycles. The van der Waals surface area contributed by atoms with Crippen molar-refractivity contribution >= 4 is 5.82 Å². The number of ether oxygens (including phenoxy) is 1. The second-order valence-electron chi connectivity index (χ2n) is 3.04. The third-order valence-corrected chi connectivity index (χ3v) is 1.88. The first kappa shape index (κ1) is 7.55. The zero-order chi connectivity index (χ0) is 8.39. The van der Waals surface area contributed by atoms with Crippen molar-refractivity contribution in [1.82, 2.24) is 4.98 Å². The maximum absolute atomic E-state index is 5.05. The molecule has 1 aromatic rings. The lowest BCUT2D eigenvalue weighted by Gasteiger charge is -2.27. The summed E-state index contributed by atoms with van der Waals surface area (Å²) in [6.07, 6.45) is 0. The summed E-state index contributed by atoms with van der Waals surface area (Å²) in [6, 6.07) is 6.43. The van der Waals surface area contributed by atoms with Crippen LogP contribution in [0.25, 0.3) is 0 Å². The average Bonchev–Trinajstić information content (AvgIpc) is 1.97. The molecule has 1 fully saturated rings. The molecule has 0 aliphatic carbocycles. The Balaban J connectivity index is 2.02. The normalized spacial score (nSPS) is 17.1. The molecule has 0 spiro atoms. The van der Waals surface area contributed by atoms with Crippen molar-refractivity contribution in [2.45, 2.75) is 13.0 Å². The number of rotatable bonds is 2. The predicted octanol–water partition coefficient (Wildman–Crippen LogP) is 1.20. The van der Waals surface area contributed by atoms with Gasteiger partial charge in [0, 0.05) is 5.69 Å². The van der Waals surface area contributed by atoms with Gasteiger partial charge < -0.3 is 10.1 Å². The molecular weight excluding hydrogens is 152 g/mol. The number of hydrogen-bond acceptors (Lipinski definition) is 3. The molecule has 3 nitrogen and oxygen atoms in total. The van der Waals surface area contributed by atoms with E-state index >= 15 is 0 Å². The van der Waals surface area contributed by atoms with Gasteiger partial charge in [-0.25, -0.2) is 4.98 Å². The number of anilines is 1. The Hall–Kier alpha value is -1.09. The highest BCUT2D eigenvalue weighted by atomic mass is 16.5. The van der Waals surface area contributed by atoms with E-state index < -0.39 is 0 Å². The van der Waals surface area contributed by atoms with E-state index in [2.05, 4.69) is 10.3 Å². The van der Waals surface area contributed by atoms with Crippen molar-refractivity contribution in [3.05, 3.63) is 23.9 Å². The van der Waals surface area contributed by atoms with Crippen molar-refractivity contribution < 1.29 is 4.74 Å². The van der Waals surface area contributed by atoms with Crippen LogP contribution in [-0.2, 0) is 4.74 Å². The Morgan fingerprint density at radius 1 is 1.50 bits per heavy atom. The molecule has 0 saturated carbocycles. The summed E-state index contributed by atoms with van der Waals surface area (Å²) in [7, 11) is 0. The van der Waals surface area contributed by atoms with Crippen LogP contribution in [0.3, 0.4) is 0 Å². The van der Waals surface area contributed by atoms with E-state index in [4.69, 9.17) is 4.74 Å². The summed E-state index contributed by atoms with van der Waals surface area (Å²) < 4.78 is 5.05. The summed E-state index contributed by atoms with van der Waals surface area (Å²) in [4.78, 5) is 4.33. The van der Waals surface area contributed by atoms with Crippen LogP contribution in [-0.4, -0.2) is 24.2 Å². The molecule has 0 atom stereocenters. The van der Waals surface area contributed by atoms with Gasteiger partial charge in [-0.1, -0.05) is 6.07 Å². The molecule has 0 bridgehead atoms. The Morgan fingerprint density at radius 2 is 2.33 bits per heavy atom. The SMILES string of the molecule is Cc1cccc(NC2COC2)n1. The van der Waals surface area contributed by atoms with Crippen LogP contribution in [0.1, 0.15) is 5.69 Å². The molecule has 0 amide bonds. The van der Waals surface area contributed by atoms with Crippen LogP contribution in [0.15, 0.2) is 18.2 Å². The monoisotopic (exact) mass is 164 g/mol. The summed E-state index contributed by atoms with van der Waals surface area (Å²) >= 11 is 0. The van der Waals surface area contributed by atoms with Gasteiger partial charge in [0.2, 0.25) is 0 Å². The standard InChI is InChI=1S/C9H12N2O/c1-7-3-2-4-9(10-7)11-8-5-12-6-8/h2-4,8H,5-6H2,1H3,(H,10,11). The molecule has 1 N–H and O–H groups in total. The van der Waals surface area contributed by atoms with Gasteiger partial charge in [0.15, 0.2) is 0 Å². The molecule has 1 aliphatic rings. The summed E-state index contributed by atoms with van der Waals surface area (Å²) in [6.45, 7) is 3.59. The van der Waals surface area contributed by atoms with E-state index in [-0.39, 0.29) is 0 Å². The van der Waals surface area contributed by atoms with Crippen LogP contribution in [0.2, 0.25) is 0 Å². The largest absolute Gasteiger partial charge is 0.377 e. The molecule has 64 valence electrons. The van der Waals surface area contributed by atoms with Crippen molar-refractivity contribution in [2.75, 3.05) is 18.5 Å². The molecule has 1 aromatic heterocycles. The Bertz CT molecular complexity index is 271. The van der Waals surface area contributed by atoms with E-state index in [0.29, 0.717) is 6.04 Å². The lowest BCUT2D eigenvalue weighted by molar-refractivity contribution is 0.0209. The highest BCUT2D eigenvalue weighted by Gasteiger charge is 2.17. The molecule has 2 rings (SSSR count). The molecule has 3 heteroatoms. The van der Waals surface area contributed by atoms with Gasteiger partial charge in [-0.05, 0) is 19.1 Å². The van der Waals surface area contributed by atoms with E-state index in [1.807, 2.05) is 25.1 Å². The first-order valence-electron chi connectivity index (χ1n) is 4.12. The third kappa shape index (κ3) is 1.56. The predicted molar refractivity (Wildman–Crippen MR) is 47.2 cm³/mol. The number of nitrogens with zero attached hydrogens (tertiary/aromatic N) is 1. The van der Waals surface area contributed by atoms with Gasteiger partial charge in [-0.3, -0.25) is 0 Å².